The number of benzene rings is 1. The highest BCUT2D eigenvalue weighted by molar-refractivity contribution is 9.10. The molecule has 84 valence electrons. The van der Waals surface area contributed by atoms with Crippen molar-refractivity contribution in [2.45, 2.75) is 13.3 Å². The Morgan fingerprint density at radius 2 is 2.07 bits per heavy atom. The molecule has 0 bridgehead atoms. The van der Waals surface area contributed by atoms with E-state index in [1.807, 2.05) is 0 Å². The maximum absolute atomic E-state index is 3.53. The molecule has 0 saturated carbocycles. The first-order valence-corrected chi connectivity index (χ1v) is 6.04. The molecule has 1 aromatic carbocycles. The largest absolute Gasteiger partial charge is 0.385 e. The van der Waals surface area contributed by atoms with Crippen molar-refractivity contribution in [3.05, 3.63) is 28.2 Å². The van der Waals surface area contributed by atoms with E-state index in [2.05, 4.69) is 65.4 Å². The molecule has 3 heteroatoms. The molecule has 1 aromatic rings. The van der Waals surface area contributed by atoms with Gasteiger partial charge >= 0.3 is 0 Å². The average molecular weight is 271 g/mol. The van der Waals surface area contributed by atoms with E-state index in [1.54, 1.807) is 0 Å². The third-order valence-corrected chi connectivity index (χ3v) is 3.22. The van der Waals surface area contributed by atoms with Crippen LogP contribution in [0.2, 0.25) is 0 Å². The third-order valence-electron chi connectivity index (χ3n) is 2.37. The van der Waals surface area contributed by atoms with E-state index in [0.717, 1.165) is 13.1 Å². The van der Waals surface area contributed by atoms with Gasteiger partial charge in [-0.2, -0.15) is 0 Å². The first kappa shape index (κ1) is 12.5. The molecular formula is C12H19BrN2. The van der Waals surface area contributed by atoms with E-state index in [-0.39, 0.29) is 0 Å². The Labute approximate surface area is 101 Å². The van der Waals surface area contributed by atoms with Crippen molar-refractivity contribution < 1.29 is 0 Å². The quantitative estimate of drug-likeness (QED) is 0.828. The number of rotatable bonds is 5. The number of halogens is 1. The van der Waals surface area contributed by atoms with Gasteiger partial charge in [0, 0.05) is 16.7 Å². The maximum Gasteiger partial charge on any atom is 0.0381 e. The van der Waals surface area contributed by atoms with Gasteiger partial charge in [0.15, 0.2) is 0 Å². The van der Waals surface area contributed by atoms with Crippen molar-refractivity contribution in [1.82, 2.24) is 4.90 Å². The fourth-order valence-corrected chi connectivity index (χ4v) is 1.78. The zero-order valence-electron chi connectivity index (χ0n) is 9.68. The van der Waals surface area contributed by atoms with Crippen molar-refractivity contribution in [2.24, 2.45) is 0 Å². The van der Waals surface area contributed by atoms with Gasteiger partial charge in [-0.3, -0.25) is 0 Å². The predicted molar refractivity (Wildman–Crippen MR) is 70.5 cm³/mol. The van der Waals surface area contributed by atoms with Crippen LogP contribution in [0.4, 0.5) is 5.69 Å². The van der Waals surface area contributed by atoms with Gasteiger partial charge in [0.05, 0.1) is 0 Å². The SMILES string of the molecule is Cc1c(Br)cccc1NCCCN(C)C. The lowest BCUT2D eigenvalue weighted by Gasteiger charge is -2.12. The summed E-state index contributed by atoms with van der Waals surface area (Å²) in [5.41, 5.74) is 2.51. The van der Waals surface area contributed by atoms with Crippen LogP contribution in [0.25, 0.3) is 0 Å². The molecule has 0 aliphatic rings. The van der Waals surface area contributed by atoms with Crippen LogP contribution in [-0.4, -0.2) is 32.1 Å². The predicted octanol–water partition coefficient (Wildman–Crippen LogP) is 3.12. The summed E-state index contributed by atoms with van der Waals surface area (Å²) in [7, 11) is 4.20. The molecule has 0 aromatic heterocycles. The topological polar surface area (TPSA) is 15.3 Å². The first-order chi connectivity index (χ1) is 7.11. The Kier molecular flexibility index (Phi) is 5.12. The van der Waals surface area contributed by atoms with Gasteiger partial charge < -0.3 is 10.2 Å². The van der Waals surface area contributed by atoms with Crippen LogP contribution >= 0.6 is 15.9 Å². The second-order valence-corrected chi connectivity index (χ2v) is 4.85. The fourth-order valence-electron chi connectivity index (χ4n) is 1.42. The second kappa shape index (κ2) is 6.13. The van der Waals surface area contributed by atoms with E-state index in [4.69, 9.17) is 0 Å². The van der Waals surface area contributed by atoms with Gasteiger partial charge in [-0.15, -0.1) is 0 Å². The zero-order chi connectivity index (χ0) is 11.3. The highest BCUT2D eigenvalue weighted by Gasteiger charge is 2.00. The molecule has 0 atom stereocenters. The van der Waals surface area contributed by atoms with Crippen LogP contribution < -0.4 is 5.32 Å². The van der Waals surface area contributed by atoms with Crippen LogP contribution in [0.15, 0.2) is 22.7 Å². The Balaban J connectivity index is 2.41. The molecule has 1 rings (SSSR count). The average Bonchev–Trinajstić information content (AvgIpc) is 2.18. The smallest absolute Gasteiger partial charge is 0.0381 e. The molecular weight excluding hydrogens is 252 g/mol. The Bertz CT molecular complexity index is 310. The van der Waals surface area contributed by atoms with Crippen LogP contribution in [0.1, 0.15) is 12.0 Å². The van der Waals surface area contributed by atoms with Gasteiger partial charge in [0.25, 0.3) is 0 Å². The number of nitrogens with zero attached hydrogens (tertiary/aromatic N) is 1. The Hall–Kier alpha value is -0.540. The van der Waals surface area contributed by atoms with E-state index in [1.165, 1.54) is 22.1 Å². The van der Waals surface area contributed by atoms with Crippen LogP contribution in [0.5, 0.6) is 0 Å². The number of hydrogen-bond acceptors (Lipinski definition) is 2. The van der Waals surface area contributed by atoms with Crippen molar-refractivity contribution >= 4 is 21.6 Å². The van der Waals surface area contributed by atoms with Gasteiger partial charge in [-0.05, 0) is 51.7 Å². The summed E-state index contributed by atoms with van der Waals surface area (Å²) in [4.78, 5) is 2.20. The molecule has 0 fully saturated rings. The lowest BCUT2D eigenvalue weighted by atomic mass is 10.2. The summed E-state index contributed by atoms with van der Waals surface area (Å²) in [6.07, 6.45) is 1.17. The summed E-state index contributed by atoms with van der Waals surface area (Å²) in [6, 6.07) is 6.25. The number of anilines is 1. The highest BCUT2D eigenvalue weighted by atomic mass is 79.9. The minimum absolute atomic E-state index is 1.02. The normalized spacial score (nSPS) is 10.7. The number of hydrogen-bond donors (Lipinski definition) is 1. The highest BCUT2D eigenvalue weighted by Crippen LogP contribution is 2.23. The lowest BCUT2D eigenvalue weighted by Crippen LogP contribution is -2.16. The molecule has 0 amide bonds. The van der Waals surface area contributed by atoms with E-state index >= 15 is 0 Å². The van der Waals surface area contributed by atoms with E-state index in [9.17, 15) is 0 Å². The molecule has 0 heterocycles. The summed E-state index contributed by atoms with van der Waals surface area (Å²) >= 11 is 3.53. The van der Waals surface area contributed by atoms with Gasteiger partial charge in [0.1, 0.15) is 0 Å². The van der Waals surface area contributed by atoms with Crippen molar-refractivity contribution in [3.63, 3.8) is 0 Å². The zero-order valence-corrected chi connectivity index (χ0v) is 11.3. The molecule has 0 aliphatic carbocycles. The molecule has 15 heavy (non-hydrogen) atoms. The van der Waals surface area contributed by atoms with Crippen LogP contribution in [0.3, 0.4) is 0 Å². The standard InChI is InChI=1S/C12H19BrN2/c1-10-11(13)6-4-7-12(10)14-8-5-9-15(2)3/h4,6-7,14H,5,8-9H2,1-3H3. The molecule has 0 unspecified atom stereocenters. The van der Waals surface area contributed by atoms with Crippen LogP contribution in [0, 0.1) is 6.92 Å². The minimum atomic E-state index is 1.02. The first-order valence-electron chi connectivity index (χ1n) is 5.25. The summed E-state index contributed by atoms with van der Waals surface area (Å²) in [6.45, 7) is 4.27. The molecule has 0 saturated heterocycles. The van der Waals surface area contributed by atoms with E-state index in [0.29, 0.717) is 0 Å². The van der Waals surface area contributed by atoms with Gasteiger partial charge in [-0.25, -0.2) is 0 Å². The van der Waals surface area contributed by atoms with Crippen molar-refractivity contribution in [3.8, 4) is 0 Å². The Morgan fingerprint density at radius 1 is 1.33 bits per heavy atom. The molecule has 0 aliphatic heterocycles. The molecule has 1 N–H and O–H groups in total. The van der Waals surface area contributed by atoms with Crippen molar-refractivity contribution in [1.29, 1.82) is 0 Å². The van der Waals surface area contributed by atoms with Gasteiger partial charge in [-0.1, -0.05) is 22.0 Å². The molecule has 0 spiro atoms. The molecule has 2 nitrogen and oxygen atoms in total. The molecule has 0 radical (unpaired) electrons. The second-order valence-electron chi connectivity index (χ2n) is 4.00. The van der Waals surface area contributed by atoms with Crippen molar-refractivity contribution in [2.75, 3.05) is 32.5 Å². The number of nitrogens with one attached hydrogen (secondary N) is 1. The fraction of sp³-hybridized carbons (Fsp3) is 0.500. The maximum atomic E-state index is 3.53. The monoisotopic (exact) mass is 270 g/mol. The third kappa shape index (κ3) is 4.22. The van der Waals surface area contributed by atoms with Crippen LogP contribution in [-0.2, 0) is 0 Å². The lowest BCUT2D eigenvalue weighted by molar-refractivity contribution is 0.405. The van der Waals surface area contributed by atoms with E-state index < -0.39 is 0 Å². The summed E-state index contributed by atoms with van der Waals surface area (Å²) in [5.74, 6) is 0. The minimum Gasteiger partial charge on any atom is -0.385 e. The summed E-state index contributed by atoms with van der Waals surface area (Å²) in [5, 5.41) is 3.45. The Morgan fingerprint density at radius 3 is 2.73 bits per heavy atom. The summed E-state index contributed by atoms with van der Waals surface area (Å²) < 4.78 is 1.17. The van der Waals surface area contributed by atoms with Gasteiger partial charge in [0.2, 0.25) is 0 Å².